The van der Waals surface area contributed by atoms with E-state index in [0.29, 0.717) is 29.9 Å². The van der Waals surface area contributed by atoms with E-state index in [9.17, 15) is 37.1 Å². The van der Waals surface area contributed by atoms with E-state index in [1.807, 2.05) is 0 Å². The molecule has 1 fully saturated rings. The van der Waals surface area contributed by atoms with Crippen molar-refractivity contribution in [2.24, 2.45) is 5.92 Å². The van der Waals surface area contributed by atoms with Gasteiger partial charge in [-0.05, 0) is 43.5 Å². The average molecular weight is 564 g/mol. The number of halogens is 3. The Bertz CT molecular complexity index is 1240. The monoisotopic (exact) mass is 563 g/mol. The van der Waals surface area contributed by atoms with E-state index >= 15 is 0 Å². The SMILES string of the molecule is Cc1ccccc1NC(=O)C(=O)N[C@@H](Cc1ccccn1)C(=O)N[C@@H](C[C@@H]1CCNC1=O)C(=O)COC(F)(F)F. The van der Waals surface area contributed by atoms with Crippen molar-refractivity contribution >= 4 is 35.1 Å². The highest BCUT2D eigenvalue weighted by Gasteiger charge is 2.36. The van der Waals surface area contributed by atoms with E-state index in [4.69, 9.17) is 0 Å². The molecule has 4 amide bonds. The zero-order valence-electron chi connectivity index (χ0n) is 21.4. The molecule has 0 bridgehead atoms. The summed E-state index contributed by atoms with van der Waals surface area (Å²) in [6.07, 6.45) is -3.83. The van der Waals surface area contributed by atoms with Gasteiger partial charge in [-0.3, -0.25) is 33.7 Å². The fourth-order valence-corrected chi connectivity index (χ4v) is 4.00. The van der Waals surface area contributed by atoms with Gasteiger partial charge < -0.3 is 21.3 Å². The van der Waals surface area contributed by atoms with Crippen LogP contribution in [0.25, 0.3) is 0 Å². The number of ketones is 1. The first kappa shape index (κ1) is 30.2. The molecule has 2 aromatic rings. The van der Waals surface area contributed by atoms with Crippen LogP contribution in [-0.4, -0.2) is 66.0 Å². The van der Waals surface area contributed by atoms with Crippen LogP contribution in [-0.2, 0) is 35.1 Å². The quantitative estimate of drug-likeness (QED) is 0.299. The molecule has 0 radical (unpaired) electrons. The number of nitrogens with one attached hydrogen (secondary N) is 4. The average Bonchev–Trinajstić information content (AvgIpc) is 3.31. The van der Waals surface area contributed by atoms with Gasteiger partial charge in [0, 0.05) is 36.5 Å². The number of ether oxygens (including phenoxy) is 1. The van der Waals surface area contributed by atoms with Crippen LogP contribution in [0.15, 0.2) is 48.7 Å². The molecular weight excluding hydrogens is 535 g/mol. The van der Waals surface area contributed by atoms with E-state index in [1.165, 1.54) is 6.20 Å². The summed E-state index contributed by atoms with van der Waals surface area (Å²) in [6, 6.07) is 8.52. The second-order valence-corrected chi connectivity index (χ2v) is 9.09. The first-order valence-electron chi connectivity index (χ1n) is 12.3. The van der Waals surface area contributed by atoms with Crippen LogP contribution in [0, 0.1) is 12.8 Å². The number of pyridine rings is 1. The van der Waals surface area contributed by atoms with Gasteiger partial charge in [0.2, 0.25) is 11.8 Å². The van der Waals surface area contributed by atoms with Crippen LogP contribution >= 0.6 is 0 Å². The number of amides is 4. The first-order chi connectivity index (χ1) is 18.9. The van der Waals surface area contributed by atoms with E-state index in [0.717, 1.165) is 0 Å². The predicted molar refractivity (Wildman–Crippen MR) is 134 cm³/mol. The highest BCUT2D eigenvalue weighted by molar-refractivity contribution is 6.40. The molecule has 1 aromatic heterocycles. The summed E-state index contributed by atoms with van der Waals surface area (Å²) in [5.74, 6) is -5.46. The minimum absolute atomic E-state index is 0.208. The Morgan fingerprint density at radius 3 is 2.40 bits per heavy atom. The second-order valence-electron chi connectivity index (χ2n) is 9.09. The Morgan fingerprint density at radius 1 is 1.05 bits per heavy atom. The minimum atomic E-state index is -5.09. The summed E-state index contributed by atoms with van der Waals surface area (Å²) in [4.78, 5) is 67.4. The van der Waals surface area contributed by atoms with Gasteiger partial charge in [-0.25, -0.2) is 0 Å². The van der Waals surface area contributed by atoms with Gasteiger partial charge in [0.1, 0.15) is 12.6 Å². The largest absolute Gasteiger partial charge is 0.522 e. The van der Waals surface area contributed by atoms with Crippen molar-refractivity contribution in [1.29, 1.82) is 0 Å². The van der Waals surface area contributed by atoms with Gasteiger partial charge >= 0.3 is 18.2 Å². The number of alkyl halides is 3. The number of Topliss-reactive ketones (excluding diaryl/α,β-unsaturated/α-hetero) is 1. The zero-order valence-corrected chi connectivity index (χ0v) is 21.4. The van der Waals surface area contributed by atoms with Crippen molar-refractivity contribution < 1.29 is 41.9 Å². The van der Waals surface area contributed by atoms with Crippen molar-refractivity contribution in [3.05, 3.63) is 59.9 Å². The molecule has 0 spiro atoms. The van der Waals surface area contributed by atoms with Crippen molar-refractivity contribution in [3.8, 4) is 0 Å². The molecule has 40 heavy (non-hydrogen) atoms. The molecule has 214 valence electrons. The Hall–Kier alpha value is -4.33. The van der Waals surface area contributed by atoms with Crippen LogP contribution < -0.4 is 21.3 Å². The summed E-state index contributed by atoms with van der Waals surface area (Å²) >= 11 is 0. The number of benzene rings is 1. The van der Waals surface area contributed by atoms with E-state index in [-0.39, 0.29) is 12.8 Å². The lowest BCUT2D eigenvalue weighted by atomic mass is 9.95. The number of hydrogen-bond donors (Lipinski definition) is 4. The molecule has 14 heteroatoms. The lowest BCUT2D eigenvalue weighted by Crippen LogP contribution is -2.55. The maximum Gasteiger partial charge on any atom is 0.522 e. The van der Waals surface area contributed by atoms with Crippen molar-refractivity contribution in [2.75, 3.05) is 18.5 Å². The maximum atomic E-state index is 13.3. The third kappa shape index (κ3) is 9.15. The minimum Gasteiger partial charge on any atom is -0.356 e. The summed E-state index contributed by atoms with van der Waals surface area (Å²) in [6.45, 7) is 0.639. The third-order valence-electron chi connectivity index (χ3n) is 6.13. The molecule has 0 unspecified atom stereocenters. The molecule has 2 heterocycles. The van der Waals surface area contributed by atoms with Crippen molar-refractivity contribution in [2.45, 2.75) is 44.6 Å². The molecule has 3 rings (SSSR count). The van der Waals surface area contributed by atoms with Crippen LogP contribution in [0.1, 0.15) is 24.1 Å². The van der Waals surface area contributed by atoms with Gasteiger partial charge in [0.25, 0.3) is 0 Å². The molecule has 3 atom stereocenters. The fraction of sp³-hybridized carbons (Fsp3) is 0.385. The number of para-hydroxylation sites is 1. The van der Waals surface area contributed by atoms with Gasteiger partial charge in [-0.2, -0.15) is 0 Å². The summed E-state index contributed by atoms with van der Waals surface area (Å²) in [7, 11) is 0. The Balaban J connectivity index is 1.77. The lowest BCUT2D eigenvalue weighted by molar-refractivity contribution is -0.321. The number of nitrogens with zero attached hydrogens (tertiary/aromatic N) is 1. The van der Waals surface area contributed by atoms with E-state index in [1.54, 1.807) is 49.4 Å². The lowest BCUT2D eigenvalue weighted by Gasteiger charge is -2.24. The summed E-state index contributed by atoms with van der Waals surface area (Å²) in [5.41, 5.74) is 1.41. The predicted octanol–water partition coefficient (Wildman–Crippen LogP) is 1.17. The van der Waals surface area contributed by atoms with Crippen molar-refractivity contribution in [3.63, 3.8) is 0 Å². The Morgan fingerprint density at radius 2 is 1.77 bits per heavy atom. The first-order valence-corrected chi connectivity index (χ1v) is 12.3. The molecular formula is C26H28F3N5O6. The van der Waals surface area contributed by atoms with E-state index < -0.39 is 60.4 Å². The molecule has 0 saturated carbocycles. The molecule has 4 N–H and O–H groups in total. The molecule has 1 aliphatic rings. The summed E-state index contributed by atoms with van der Waals surface area (Å²) < 4.78 is 41.3. The number of carbonyl (C=O) groups is 5. The topological polar surface area (TPSA) is 156 Å². The standard InChI is InChI=1S/C26H28F3N5O6/c1-15-6-2-3-8-18(15)32-24(38)25(39)34-20(13-17-7-4-5-10-30-17)23(37)33-19(12-16-9-11-31-22(16)36)21(35)14-40-26(27,28)29/h2-8,10,16,19-20H,9,11-14H2,1H3,(H,31,36)(H,32,38)(H,33,37)(H,34,39)/t16-,19-,20-/m0/s1. The maximum absolute atomic E-state index is 13.3. The van der Waals surface area contributed by atoms with E-state index in [2.05, 4.69) is 31.0 Å². The third-order valence-corrected chi connectivity index (χ3v) is 6.13. The molecule has 11 nitrogen and oxygen atoms in total. The second kappa shape index (κ2) is 13.6. The van der Waals surface area contributed by atoms with Gasteiger partial charge in [-0.1, -0.05) is 24.3 Å². The number of aromatic nitrogens is 1. The van der Waals surface area contributed by atoms with Crippen LogP contribution in [0.4, 0.5) is 18.9 Å². The molecule has 1 saturated heterocycles. The highest BCUT2D eigenvalue weighted by atomic mass is 19.4. The number of carbonyl (C=O) groups excluding carboxylic acids is 5. The van der Waals surface area contributed by atoms with Gasteiger partial charge in [0.05, 0.1) is 6.04 Å². The van der Waals surface area contributed by atoms with Crippen LogP contribution in [0.3, 0.4) is 0 Å². The van der Waals surface area contributed by atoms with Crippen molar-refractivity contribution in [1.82, 2.24) is 20.9 Å². The molecule has 1 aliphatic heterocycles. The van der Waals surface area contributed by atoms with Crippen LogP contribution in [0.2, 0.25) is 0 Å². The fourth-order valence-electron chi connectivity index (χ4n) is 4.00. The molecule has 0 aliphatic carbocycles. The van der Waals surface area contributed by atoms with Crippen LogP contribution in [0.5, 0.6) is 0 Å². The highest BCUT2D eigenvalue weighted by Crippen LogP contribution is 2.20. The number of rotatable bonds is 11. The van der Waals surface area contributed by atoms with Gasteiger partial charge in [-0.15, -0.1) is 13.2 Å². The normalized spacial score (nSPS) is 16.4. The molecule has 1 aromatic carbocycles. The Labute approximate surface area is 227 Å². The summed E-state index contributed by atoms with van der Waals surface area (Å²) in [5, 5.41) is 9.64. The number of anilines is 1. The number of aryl methyl sites for hydroxylation is 1. The zero-order chi connectivity index (χ0) is 29.3. The Kier molecular flexibility index (Phi) is 10.3. The number of hydrogen-bond acceptors (Lipinski definition) is 7. The van der Waals surface area contributed by atoms with Gasteiger partial charge in [0.15, 0.2) is 5.78 Å². The smallest absolute Gasteiger partial charge is 0.356 e.